The van der Waals surface area contributed by atoms with Gasteiger partial charge in [0.25, 0.3) is 0 Å². The highest BCUT2D eigenvalue weighted by molar-refractivity contribution is 5.89. The maximum Gasteiger partial charge on any atom is 0.338 e. The van der Waals surface area contributed by atoms with Gasteiger partial charge >= 0.3 is 18.0 Å². The fourth-order valence-corrected chi connectivity index (χ4v) is 2.64. The quantitative estimate of drug-likeness (QED) is 0.656. The molecule has 0 saturated heterocycles. The van der Waals surface area contributed by atoms with Crippen LogP contribution >= 0.6 is 0 Å². The Morgan fingerprint density at radius 1 is 1.04 bits per heavy atom. The number of aromatic carboxylic acids is 1. The van der Waals surface area contributed by atoms with Gasteiger partial charge in [-0.1, -0.05) is 36.4 Å². The van der Waals surface area contributed by atoms with E-state index in [0.717, 1.165) is 16.7 Å². The molecule has 0 aliphatic carbocycles. The first-order valence-corrected chi connectivity index (χ1v) is 8.73. The lowest BCUT2D eigenvalue weighted by Gasteiger charge is -2.07. The zero-order valence-electron chi connectivity index (χ0n) is 15.3. The Morgan fingerprint density at radius 2 is 1.78 bits per heavy atom. The van der Waals surface area contributed by atoms with Gasteiger partial charge in [0.1, 0.15) is 0 Å². The van der Waals surface area contributed by atoms with E-state index in [2.05, 4.69) is 10.1 Å². The summed E-state index contributed by atoms with van der Waals surface area (Å²) < 4.78 is 12.5. The van der Waals surface area contributed by atoms with Gasteiger partial charge in [-0.2, -0.15) is 0 Å². The van der Waals surface area contributed by atoms with Crippen molar-refractivity contribution in [2.45, 2.75) is 20.4 Å². The number of hydrogen-bond acceptors (Lipinski definition) is 5. The molecule has 0 spiro atoms. The molecule has 7 heteroatoms. The van der Waals surface area contributed by atoms with Crippen molar-refractivity contribution in [1.29, 1.82) is 0 Å². The van der Waals surface area contributed by atoms with Gasteiger partial charge in [0.2, 0.25) is 0 Å². The third kappa shape index (κ3) is 4.44. The second-order valence-electron chi connectivity index (χ2n) is 5.78. The molecular weight excluding hydrogens is 346 g/mol. The number of carboxylic acids is 1. The average Bonchev–Trinajstić information content (AvgIpc) is 3.04. The second-order valence-corrected chi connectivity index (χ2v) is 5.78. The molecule has 1 N–H and O–H groups in total. The van der Waals surface area contributed by atoms with E-state index in [1.165, 1.54) is 0 Å². The molecule has 0 aliphatic heterocycles. The Labute approximate surface area is 157 Å². The van der Waals surface area contributed by atoms with Crippen LogP contribution in [0.3, 0.4) is 0 Å². The molecule has 140 valence electrons. The summed E-state index contributed by atoms with van der Waals surface area (Å²) >= 11 is 0. The minimum absolute atomic E-state index is 0.268. The minimum Gasteiger partial charge on any atom is -0.478 e. The summed E-state index contributed by atoms with van der Waals surface area (Å²) in [5, 5.41) is 13.5. The molecule has 2 aromatic carbocycles. The Kier molecular flexibility index (Phi) is 5.71. The van der Waals surface area contributed by atoms with Crippen LogP contribution in [0.25, 0.3) is 11.1 Å². The van der Waals surface area contributed by atoms with Crippen molar-refractivity contribution in [3.63, 3.8) is 0 Å². The molecule has 0 amide bonds. The highest BCUT2D eigenvalue weighted by Crippen LogP contribution is 2.22. The smallest absolute Gasteiger partial charge is 0.338 e. The molecule has 1 aromatic heterocycles. The average molecular weight is 367 g/mol. The molecular formula is C20H21N3O4. The molecule has 27 heavy (non-hydrogen) atoms. The normalized spacial score (nSPS) is 10.6. The number of ether oxygens (including phenoxy) is 2. The van der Waals surface area contributed by atoms with E-state index in [0.29, 0.717) is 31.8 Å². The van der Waals surface area contributed by atoms with Crippen molar-refractivity contribution >= 4 is 5.97 Å². The minimum atomic E-state index is -0.937. The summed E-state index contributed by atoms with van der Waals surface area (Å²) in [6.45, 7) is 5.23. The molecule has 0 atom stereocenters. The van der Waals surface area contributed by atoms with Crippen molar-refractivity contribution in [2.24, 2.45) is 0 Å². The molecule has 3 aromatic rings. The van der Waals surface area contributed by atoms with Crippen LogP contribution in [0.5, 0.6) is 12.0 Å². The van der Waals surface area contributed by atoms with Crippen molar-refractivity contribution in [3.8, 4) is 23.1 Å². The predicted molar refractivity (Wildman–Crippen MR) is 100 cm³/mol. The van der Waals surface area contributed by atoms with Gasteiger partial charge in [0.15, 0.2) is 0 Å². The number of benzene rings is 2. The Hall–Kier alpha value is -3.35. The maximum atomic E-state index is 11.1. The molecule has 0 saturated carbocycles. The van der Waals surface area contributed by atoms with Crippen LogP contribution in [0, 0.1) is 0 Å². The lowest BCUT2D eigenvalue weighted by Crippen LogP contribution is -2.06. The van der Waals surface area contributed by atoms with Crippen molar-refractivity contribution in [2.75, 3.05) is 13.2 Å². The molecule has 0 unspecified atom stereocenters. The highest BCUT2D eigenvalue weighted by atomic mass is 16.5. The van der Waals surface area contributed by atoms with E-state index in [1.54, 1.807) is 22.9 Å². The monoisotopic (exact) mass is 367 g/mol. The second kappa shape index (κ2) is 8.35. The number of nitrogens with zero attached hydrogens (tertiary/aromatic N) is 3. The first-order valence-electron chi connectivity index (χ1n) is 8.73. The van der Waals surface area contributed by atoms with E-state index in [4.69, 9.17) is 14.6 Å². The van der Waals surface area contributed by atoms with Gasteiger partial charge in [-0.15, -0.1) is 10.1 Å². The van der Waals surface area contributed by atoms with Crippen LogP contribution in [-0.4, -0.2) is 39.1 Å². The molecule has 0 radical (unpaired) electrons. The summed E-state index contributed by atoms with van der Waals surface area (Å²) in [6, 6.07) is 15.4. The van der Waals surface area contributed by atoms with Gasteiger partial charge in [-0.3, -0.25) is 0 Å². The maximum absolute atomic E-state index is 11.1. The van der Waals surface area contributed by atoms with Gasteiger partial charge in [0, 0.05) is 0 Å². The Bertz CT molecular complexity index is 919. The van der Waals surface area contributed by atoms with Crippen LogP contribution in [0.15, 0.2) is 48.5 Å². The number of rotatable bonds is 8. The highest BCUT2D eigenvalue weighted by Gasteiger charge is 2.12. The van der Waals surface area contributed by atoms with Crippen molar-refractivity contribution in [3.05, 3.63) is 59.7 Å². The largest absolute Gasteiger partial charge is 0.478 e. The van der Waals surface area contributed by atoms with Gasteiger partial charge < -0.3 is 14.6 Å². The standard InChI is InChI=1S/C20H21N3O4/c1-3-26-19-21-20(27-4-2)23(22-19)13-14-8-10-15(11-9-14)16-6-5-7-17(12-16)18(24)25/h5-12H,3-4,13H2,1-2H3,(H,24,25). The fraction of sp³-hybridized carbons (Fsp3) is 0.250. The lowest BCUT2D eigenvalue weighted by atomic mass is 10.0. The summed E-state index contributed by atoms with van der Waals surface area (Å²) in [4.78, 5) is 15.4. The summed E-state index contributed by atoms with van der Waals surface area (Å²) in [5.41, 5.74) is 3.09. The third-order valence-electron chi connectivity index (χ3n) is 3.89. The van der Waals surface area contributed by atoms with Gasteiger partial charge in [-0.05, 0) is 42.7 Å². The fourth-order valence-electron chi connectivity index (χ4n) is 2.64. The van der Waals surface area contributed by atoms with Crippen LogP contribution in [0.2, 0.25) is 0 Å². The molecule has 3 rings (SSSR count). The van der Waals surface area contributed by atoms with Crippen LogP contribution < -0.4 is 9.47 Å². The van der Waals surface area contributed by atoms with E-state index in [9.17, 15) is 4.79 Å². The van der Waals surface area contributed by atoms with Crippen LogP contribution in [0.4, 0.5) is 0 Å². The molecule has 1 heterocycles. The number of carbonyl (C=O) groups is 1. The van der Waals surface area contributed by atoms with E-state index >= 15 is 0 Å². The Morgan fingerprint density at radius 3 is 2.44 bits per heavy atom. The zero-order valence-corrected chi connectivity index (χ0v) is 15.3. The van der Waals surface area contributed by atoms with E-state index in [-0.39, 0.29) is 5.56 Å². The summed E-state index contributed by atoms with van der Waals surface area (Å²) in [7, 11) is 0. The van der Waals surface area contributed by atoms with E-state index < -0.39 is 5.97 Å². The first-order chi connectivity index (χ1) is 13.1. The lowest BCUT2D eigenvalue weighted by molar-refractivity contribution is 0.0697. The van der Waals surface area contributed by atoms with Gasteiger partial charge in [0.05, 0.1) is 25.3 Å². The Balaban J connectivity index is 1.80. The predicted octanol–water partition coefficient (Wildman–Crippen LogP) is 3.49. The van der Waals surface area contributed by atoms with Gasteiger partial charge in [-0.25, -0.2) is 9.48 Å². The summed E-state index contributed by atoms with van der Waals surface area (Å²) in [6.07, 6.45) is 0. The topological polar surface area (TPSA) is 86.5 Å². The molecule has 0 aliphatic rings. The van der Waals surface area contributed by atoms with E-state index in [1.807, 2.05) is 44.2 Å². The SMILES string of the molecule is CCOc1nc(OCC)n(Cc2ccc(-c3cccc(C(=O)O)c3)cc2)n1. The first kappa shape index (κ1) is 18.4. The number of aromatic nitrogens is 3. The van der Waals surface area contributed by atoms with Crippen molar-refractivity contribution < 1.29 is 19.4 Å². The summed E-state index contributed by atoms with van der Waals surface area (Å²) in [5.74, 6) is -0.937. The molecule has 0 bridgehead atoms. The number of carboxylic acid groups (broad SMARTS) is 1. The number of hydrogen-bond donors (Lipinski definition) is 1. The zero-order chi connectivity index (χ0) is 19.2. The van der Waals surface area contributed by atoms with Crippen LogP contribution in [-0.2, 0) is 6.54 Å². The van der Waals surface area contributed by atoms with Crippen molar-refractivity contribution in [1.82, 2.24) is 14.8 Å². The molecule has 7 nitrogen and oxygen atoms in total. The van der Waals surface area contributed by atoms with Crippen LogP contribution in [0.1, 0.15) is 29.8 Å². The molecule has 0 fully saturated rings. The third-order valence-corrected chi connectivity index (χ3v) is 3.89.